The van der Waals surface area contributed by atoms with E-state index >= 15 is 0 Å². The lowest BCUT2D eigenvalue weighted by atomic mass is 9.96. The van der Waals surface area contributed by atoms with Crippen molar-refractivity contribution in [3.8, 4) is 0 Å². The summed E-state index contributed by atoms with van der Waals surface area (Å²) < 4.78 is 5.33. The van der Waals surface area contributed by atoms with E-state index in [9.17, 15) is 5.11 Å². The molecule has 0 aromatic heterocycles. The molecule has 0 saturated heterocycles. The highest BCUT2D eigenvalue weighted by molar-refractivity contribution is 6.30. The maximum Gasteiger partial charge on any atom is 0.0791 e. The fraction of sp³-hybridized carbons (Fsp3) is 0.571. The summed E-state index contributed by atoms with van der Waals surface area (Å²) >= 11 is 5.98. The largest absolute Gasteiger partial charge is 0.388 e. The van der Waals surface area contributed by atoms with Gasteiger partial charge in [0.1, 0.15) is 0 Å². The highest BCUT2D eigenvalue weighted by Crippen LogP contribution is 2.26. The van der Waals surface area contributed by atoms with Crippen molar-refractivity contribution in [2.75, 3.05) is 7.11 Å². The van der Waals surface area contributed by atoms with Gasteiger partial charge in [-0.05, 0) is 56.9 Å². The average Bonchev–Trinajstić information content (AvgIpc) is 2.24. The minimum Gasteiger partial charge on any atom is -0.388 e. The lowest BCUT2D eigenvalue weighted by molar-refractivity contribution is 0.00279. The maximum atomic E-state index is 10.1. The summed E-state index contributed by atoms with van der Waals surface area (Å²) in [5.74, 6) is 0. The van der Waals surface area contributed by atoms with Crippen molar-refractivity contribution in [1.29, 1.82) is 0 Å². The Morgan fingerprint density at radius 1 is 1.35 bits per heavy atom. The van der Waals surface area contributed by atoms with E-state index in [-0.39, 0.29) is 5.60 Å². The Labute approximate surface area is 109 Å². The number of rotatable bonds is 5. The number of aryl methyl sites for hydroxylation is 1. The Bertz CT molecular complexity index is 354. The highest BCUT2D eigenvalue weighted by atomic mass is 35.5. The zero-order valence-electron chi connectivity index (χ0n) is 11.0. The summed E-state index contributed by atoms with van der Waals surface area (Å²) in [5, 5.41) is 10.8. The van der Waals surface area contributed by atoms with Gasteiger partial charge in [0.05, 0.1) is 11.7 Å². The molecule has 0 bridgehead atoms. The predicted molar refractivity (Wildman–Crippen MR) is 71.5 cm³/mol. The maximum absolute atomic E-state index is 10.1. The number of methoxy groups -OCH3 is 1. The van der Waals surface area contributed by atoms with E-state index in [2.05, 4.69) is 0 Å². The SMILES string of the molecule is COC(C)(C)CCC(O)c1cc(C)cc(Cl)c1. The molecule has 0 amide bonds. The summed E-state index contributed by atoms with van der Waals surface area (Å²) in [7, 11) is 1.69. The van der Waals surface area contributed by atoms with Gasteiger partial charge in [0, 0.05) is 12.1 Å². The quantitative estimate of drug-likeness (QED) is 0.866. The fourth-order valence-electron chi connectivity index (χ4n) is 1.71. The number of ether oxygens (including phenoxy) is 1. The summed E-state index contributed by atoms with van der Waals surface area (Å²) in [4.78, 5) is 0. The van der Waals surface area contributed by atoms with Gasteiger partial charge in [-0.1, -0.05) is 17.7 Å². The molecule has 96 valence electrons. The van der Waals surface area contributed by atoms with Crippen LogP contribution in [0.15, 0.2) is 18.2 Å². The van der Waals surface area contributed by atoms with Gasteiger partial charge >= 0.3 is 0 Å². The van der Waals surface area contributed by atoms with Gasteiger partial charge < -0.3 is 9.84 Å². The monoisotopic (exact) mass is 256 g/mol. The first kappa shape index (κ1) is 14.5. The van der Waals surface area contributed by atoms with Crippen LogP contribution in [0.2, 0.25) is 5.02 Å². The first-order valence-electron chi connectivity index (χ1n) is 5.84. The molecule has 0 radical (unpaired) electrons. The molecule has 1 unspecified atom stereocenters. The van der Waals surface area contributed by atoms with Crippen LogP contribution in [-0.2, 0) is 4.74 Å². The molecule has 1 rings (SSSR count). The Morgan fingerprint density at radius 2 is 2.00 bits per heavy atom. The zero-order chi connectivity index (χ0) is 13.1. The molecular formula is C14H21ClO2. The molecule has 0 aliphatic carbocycles. The molecule has 0 spiro atoms. The Kier molecular flexibility index (Phi) is 4.99. The molecule has 0 saturated carbocycles. The molecule has 1 atom stereocenters. The van der Waals surface area contributed by atoms with Gasteiger partial charge in [0.25, 0.3) is 0 Å². The second kappa shape index (κ2) is 5.85. The molecule has 1 N–H and O–H groups in total. The van der Waals surface area contributed by atoms with E-state index in [1.807, 2.05) is 39.0 Å². The predicted octanol–water partition coefficient (Wildman–Crippen LogP) is 3.89. The lowest BCUT2D eigenvalue weighted by Gasteiger charge is -2.24. The molecule has 1 aromatic rings. The van der Waals surface area contributed by atoms with Crippen molar-refractivity contribution in [2.24, 2.45) is 0 Å². The Hall–Kier alpha value is -0.570. The highest BCUT2D eigenvalue weighted by Gasteiger charge is 2.19. The van der Waals surface area contributed by atoms with Crippen molar-refractivity contribution >= 4 is 11.6 Å². The van der Waals surface area contributed by atoms with Gasteiger partial charge in [-0.2, -0.15) is 0 Å². The van der Waals surface area contributed by atoms with Gasteiger partial charge in [0.2, 0.25) is 0 Å². The fourth-order valence-corrected chi connectivity index (χ4v) is 2.01. The first-order chi connectivity index (χ1) is 7.84. The average molecular weight is 257 g/mol. The third-order valence-corrected chi connectivity index (χ3v) is 3.24. The summed E-state index contributed by atoms with van der Waals surface area (Å²) in [6.07, 6.45) is 0.985. The van der Waals surface area contributed by atoms with E-state index < -0.39 is 6.10 Å². The smallest absolute Gasteiger partial charge is 0.0791 e. The Balaban J connectivity index is 2.67. The lowest BCUT2D eigenvalue weighted by Crippen LogP contribution is -2.23. The topological polar surface area (TPSA) is 29.5 Å². The second-order valence-electron chi connectivity index (χ2n) is 5.08. The van der Waals surface area contributed by atoms with E-state index in [1.54, 1.807) is 7.11 Å². The standard InChI is InChI=1S/C14H21ClO2/c1-10-7-11(9-12(15)8-10)13(16)5-6-14(2,3)17-4/h7-9,13,16H,5-6H2,1-4H3. The zero-order valence-corrected chi connectivity index (χ0v) is 11.7. The van der Waals surface area contributed by atoms with Gasteiger partial charge in [0.15, 0.2) is 0 Å². The van der Waals surface area contributed by atoms with Crippen molar-refractivity contribution in [3.05, 3.63) is 34.3 Å². The van der Waals surface area contributed by atoms with Crippen LogP contribution in [0.25, 0.3) is 0 Å². The number of benzene rings is 1. The van der Waals surface area contributed by atoms with Crippen LogP contribution >= 0.6 is 11.6 Å². The minimum atomic E-state index is -0.484. The molecule has 0 aliphatic rings. The van der Waals surface area contributed by atoms with E-state index in [0.717, 1.165) is 17.5 Å². The van der Waals surface area contributed by atoms with Crippen LogP contribution in [0.1, 0.15) is 43.9 Å². The minimum absolute atomic E-state index is 0.200. The van der Waals surface area contributed by atoms with Crippen molar-refractivity contribution in [2.45, 2.75) is 45.3 Å². The second-order valence-corrected chi connectivity index (χ2v) is 5.52. The number of hydrogen-bond donors (Lipinski definition) is 1. The van der Waals surface area contributed by atoms with Gasteiger partial charge in [-0.15, -0.1) is 0 Å². The van der Waals surface area contributed by atoms with Crippen LogP contribution in [-0.4, -0.2) is 17.8 Å². The summed E-state index contributed by atoms with van der Waals surface area (Å²) in [6, 6.07) is 5.67. The first-order valence-corrected chi connectivity index (χ1v) is 6.22. The van der Waals surface area contributed by atoms with Crippen LogP contribution in [0.3, 0.4) is 0 Å². The van der Waals surface area contributed by atoms with Crippen molar-refractivity contribution in [1.82, 2.24) is 0 Å². The van der Waals surface area contributed by atoms with Crippen molar-refractivity contribution in [3.63, 3.8) is 0 Å². The molecule has 2 nitrogen and oxygen atoms in total. The normalized spacial score (nSPS) is 13.8. The van der Waals surface area contributed by atoms with Gasteiger partial charge in [-0.3, -0.25) is 0 Å². The number of aliphatic hydroxyl groups is 1. The summed E-state index contributed by atoms with van der Waals surface area (Å²) in [6.45, 7) is 6.01. The number of aliphatic hydroxyl groups excluding tert-OH is 1. The van der Waals surface area contributed by atoms with Crippen LogP contribution in [0.4, 0.5) is 0 Å². The van der Waals surface area contributed by atoms with Crippen LogP contribution in [0, 0.1) is 6.92 Å². The van der Waals surface area contributed by atoms with Gasteiger partial charge in [-0.25, -0.2) is 0 Å². The molecule has 0 heterocycles. The third kappa shape index (κ3) is 4.66. The van der Waals surface area contributed by atoms with E-state index in [1.165, 1.54) is 0 Å². The van der Waals surface area contributed by atoms with Crippen molar-refractivity contribution < 1.29 is 9.84 Å². The van der Waals surface area contributed by atoms with Crippen LogP contribution < -0.4 is 0 Å². The molecule has 0 aliphatic heterocycles. The third-order valence-electron chi connectivity index (χ3n) is 3.02. The van der Waals surface area contributed by atoms with E-state index in [4.69, 9.17) is 16.3 Å². The molecular weight excluding hydrogens is 236 g/mol. The molecule has 17 heavy (non-hydrogen) atoms. The number of halogens is 1. The molecule has 3 heteroatoms. The summed E-state index contributed by atoms with van der Waals surface area (Å²) in [5.41, 5.74) is 1.74. The molecule has 1 aromatic carbocycles. The van der Waals surface area contributed by atoms with Crippen LogP contribution in [0.5, 0.6) is 0 Å². The number of hydrogen-bond acceptors (Lipinski definition) is 2. The molecule has 0 fully saturated rings. The Morgan fingerprint density at radius 3 is 2.53 bits per heavy atom. The van der Waals surface area contributed by atoms with E-state index in [0.29, 0.717) is 11.4 Å².